The number of carbonyl (C=O) groups excluding carboxylic acids is 1. The molecule has 5 heteroatoms. The Morgan fingerprint density at radius 2 is 2.11 bits per heavy atom. The first kappa shape index (κ1) is 11.6. The lowest BCUT2D eigenvalue weighted by molar-refractivity contribution is 0.0945. The van der Waals surface area contributed by atoms with Gasteiger partial charge in [0.2, 0.25) is 0 Å². The van der Waals surface area contributed by atoms with Crippen molar-refractivity contribution in [3.8, 4) is 0 Å². The molecule has 1 N–H and O–H groups in total. The van der Waals surface area contributed by atoms with E-state index in [0.29, 0.717) is 11.2 Å². The summed E-state index contributed by atoms with van der Waals surface area (Å²) in [5, 5.41) is 11.7. The number of aromatic nitrogens is 3. The monoisotopic (exact) mass is 254 g/mol. The van der Waals surface area contributed by atoms with E-state index in [1.807, 2.05) is 42.5 Å². The van der Waals surface area contributed by atoms with Crippen molar-refractivity contribution in [3.05, 3.63) is 42.2 Å². The number of pyridine rings is 1. The minimum absolute atomic E-state index is 0.0864. The van der Waals surface area contributed by atoms with Crippen LogP contribution in [0.25, 0.3) is 16.6 Å². The number of nitrogens with zero attached hydrogens (tertiary/aromatic N) is 3. The van der Waals surface area contributed by atoms with Crippen LogP contribution in [0.2, 0.25) is 0 Å². The molecule has 1 aromatic carbocycles. The topological polar surface area (TPSA) is 59.3 Å². The summed E-state index contributed by atoms with van der Waals surface area (Å²) in [6.45, 7) is 3.88. The molecule has 0 fully saturated rings. The normalized spacial score (nSPS) is 11.3. The summed E-state index contributed by atoms with van der Waals surface area (Å²) >= 11 is 0. The van der Waals surface area contributed by atoms with Crippen LogP contribution in [0.4, 0.5) is 0 Å². The van der Waals surface area contributed by atoms with Crippen molar-refractivity contribution in [1.29, 1.82) is 0 Å². The number of rotatable bonds is 2. The maximum atomic E-state index is 12.3. The Bertz CT molecular complexity index is 760. The molecule has 3 rings (SSSR count). The summed E-state index contributed by atoms with van der Waals surface area (Å²) in [5.74, 6) is -0.0864. The van der Waals surface area contributed by atoms with Crippen LogP contribution in [0.1, 0.15) is 24.2 Å². The van der Waals surface area contributed by atoms with Crippen molar-refractivity contribution in [2.45, 2.75) is 19.9 Å². The quantitative estimate of drug-likeness (QED) is 0.761. The van der Waals surface area contributed by atoms with Gasteiger partial charge in [-0.1, -0.05) is 18.2 Å². The lowest BCUT2D eigenvalue weighted by Crippen LogP contribution is -2.30. The molecule has 0 bridgehead atoms. The number of hydrogen-bond acceptors (Lipinski definition) is 3. The molecule has 0 aliphatic carbocycles. The zero-order valence-electron chi connectivity index (χ0n) is 10.8. The third-order valence-corrected chi connectivity index (χ3v) is 2.97. The highest BCUT2D eigenvalue weighted by Crippen LogP contribution is 2.20. The van der Waals surface area contributed by atoms with E-state index in [0.717, 1.165) is 10.9 Å². The third kappa shape index (κ3) is 1.93. The predicted octanol–water partition coefficient (Wildman–Crippen LogP) is 2.02. The molecule has 0 unspecified atom stereocenters. The van der Waals surface area contributed by atoms with Gasteiger partial charge in [0.05, 0.1) is 11.1 Å². The average molecular weight is 254 g/mol. The van der Waals surface area contributed by atoms with Gasteiger partial charge in [-0.15, -0.1) is 10.2 Å². The lowest BCUT2D eigenvalue weighted by Gasteiger charge is -2.11. The second kappa shape index (κ2) is 4.35. The molecule has 0 spiro atoms. The second-order valence-electron chi connectivity index (χ2n) is 4.76. The van der Waals surface area contributed by atoms with E-state index >= 15 is 0 Å². The van der Waals surface area contributed by atoms with Crippen LogP contribution in [0.15, 0.2) is 36.7 Å². The number of carbonyl (C=O) groups is 1. The van der Waals surface area contributed by atoms with Gasteiger partial charge in [0.15, 0.2) is 5.65 Å². The van der Waals surface area contributed by atoms with Crippen molar-refractivity contribution in [2.24, 2.45) is 0 Å². The molecule has 19 heavy (non-hydrogen) atoms. The third-order valence-electron chi connectivity index (χ3n) is 2.97. The highest BCUT2D eigenvalue weighted by molar-refractivity contribution is 6.07. The van der Waals surface area contributed by atoms with Gasteiger partial charge in [0.25, 0.3) is 5.91 Å². The summed E-state index contributed by atoms with van der Waals surface area (Å²) in [6, 6.07) is 9.62. The van der Waals surface area contributed by atoms with Gasteiger partial charge in [-0.05, 0) is 26.0 Å². The van der Waals surface area contributed by atoms with Crippen molar-refractivity contribution >= 4 is 22.5 Å². The molecule has 0 aliphatic rings. The van der Waals surface area contributed by atoms with E-state index < -0.39 is 0 Å². The first-order chi connectivity index (χ1) is 9.16. The van der Waals surface area contributed by atoms with Crippen molar-refractivity contribution in [2.75, 3.05) is 0 Å². The van der Waals surface area contributed by atoms with Crippen molar-refractivity contribution in [3.63, 3.8) is 0 Å². The fraction of sp³-hybridized carbons (Fsp3) is 0.214. The standard InChI is InChI=1S/C14H14N4O/c1-9(2)16-14(19)11-7-13-17-15-8-18(13)12-6-4-3-5-10(11)12/h3-9H,1-2H3,(H,16,19). The van der Waals surface area contributed by atoms with Gasteiger partial charge in [-0.2, -0.15) is 0 Å². The van der Waals surface area contributed by atoms with Crippen LogP contribution >= 0.6 is 0 Å². The zero-order chi connectivity index (χ0) is 13.4. The van der Waals surface area contributed by atoms with Crippen LogP contribution in [-0.2, 0) is 0 Å². The SMILES string of the molecule is CC(C)NC(=O)c1cc2nncn2c2ccccc12. The highest BCUT2D eigenvalue weighted by Gasteiger charge is 2.14. The Balaban J connectivity index is 2.29. The highest BCUT2D eigenvalue weighted by atomic mass is 16.1. The minimum Gasteiger partial charge on any atom is -0.350 e. The maximum Gasteiger partial charge on any atom is 0.252 e. The molecule has 2 aromatic heterocycles. The Kier molecular flexibility index (Phi) is 2.67. The van der Waals surface area contributed by atoms with E-state index in [4.69, 9.17) is 0 Å². The lowest BCUT2D eigenvalue weighted by atomic mass is 10.1. The molecule has 3 aromatic rings. The molecule has 0 aliphatic heterocycles. The van der Waals surface area contributed by atoms with Crippen LogP contribution in [0.5, 0.6) is 0 Å². The first-order valence-electron chi connectivity index (χ1n) is 6.19. The van der Waals surface area contributed by atoms with Crippen LogP contribution in [0, 0.1) is 0 Å². The Morgan fingerprint density at radius 3 is 2.89 bits per heavy atom. The summed E-state index contributed by atoms with van der Waals surface area (Å²) in [7, 11) is 0. The van der Waals surface area contributed by atoms with Crippen LogP contribution < -0.4 is 5.32 Å². The number of para-hydroxylation sites is 1. The molecule has 2 heterocycles. The average Bonchev–Trinajstić information content (AvgIpc) is 2.85. The molecular formula is C14H14N4O. The summed E-state index contributed by atoms with van der Waals surface area (Å²) in [4.78, 5) is 12.3. The Morgan fingerprint density at radius 1 is 1.32 bits per heavy atom. The minimum atomic E-state index is -0.0864. The maximum absolute atomic E-state index is 12.3. The predicted molar refractivity (Wildman–Crippen MR) is 73.1 cm³/mol. The van der Waals surface area contributed by atoms with Gasteiger partial charge in [0.1, 0.15) is 6.33 Å². The molecule has 0 atom stereocenters. The van der Waals surface area contributed by atoms with Gasteiger partial charge < -0.3 is 5.32 Å². The summed E-state index contributed by atoms with van der Waals surface area (Å²) < 4.78 is 1.88. The van der Waals surface area contributed by atoms with Crippen LogP contribution in [0.3, 0.4) is 0 Å². The molecule has 96 valence electrons. The molecule has 1 amide bonds. The number of amides is 1. The van der Waals surface area contributed by atoms with Gasteiger partial charge in [0, 0.05) is 11.4 Å². The van der Waals surface area contributed by atoms with Gasteiger partial charge in [-0.25, -0.2) is 0 Å². The Hall–Kier alpha value is -2.43. The number of benzene rings is 1. The Labute approximate surface area is 110 Å². The fourth-order valence-electron chi connectivity index (χ4n) is 2.17. The number of hydrogen-bond donors (Lipinski definition) is 1. The van der Waals surface area contributed by atoms with Crippen molar-refractivity contribution in [1.82, 2.24) is 19.9 Å². The molecule has 5 nitrogen and oxygen atoms in total. The molecular weight excluding hydrogens is 240 g/mol. The number of nitrogens with one attached hydrogen (secondary N) is 1. The van der Waals surface area contributed by atoms with E-state index in [9.17, 15) is 4.79 Å². The summed E-state index contributed by atoms with van der Waals surface area (Å²) in [5.41, 5.74) is 2.23. The van der Waals surface area contributed by atoms with Gasteiger partial charge in [-0.3, -0.25) is 9.20 Å². The van der Waals surface area contributed by atoms with E-state index in [1.165, 1.54) is 0 Å². The largest absolute Gasteiger partial charge is 0.350 e. The molecule has 0 saturated carbocycles. The van der Waals surface area contributed by atoms with E-state index in [2.05, 4.69) is 15.5 Å². The zero-order valence-corrected chi connectivity index (χ0v) is 10.8. The first-order valence-corrected chi connectivity index (χ1v) is 6.19. The summed E-state index contributed by atoms with van der Waals surface area (Å²) in [6.07, 6.45) is 1.65. The second-order valence-corrected chi connectivity index (χ2v) is 4.76. The molecule has 0 saturated heterocycles. The van der Waals surface area contributed by atoms with E-state index in [1.54, 1.807) is 12.4 Å². The van der Waals surface area contributed by atoms with Crippen LogP contribution in [-0.4, -0.2) is 26.5 Å². The molecule has 0 radical (unpaired) electrons. The van der Waals surface area contributed by atoms with Gasteiger partial charge >= 0.3 is 0 Å². The van der Waals surface area contributed by atoms with Crippen molar-refractivity contribution < 1.29 is 4.79 Å². The number of fused-ring (bicyclic) bond motifs is 3. The smallest absolute Gasteiger partial charge is 0.252 e. The van der Waals surface area contributed by atoms with E-state index in [-0.39, 0.29) is 11.9 Å². The fourth-order valence-corrected chi connectivity index (χ4v) is 2.17.